The van der Waals surface area contributed by atoms with Gasteiger partial charge in [-0.25, -0.2) is 0 Å². The highest BCUT2D eigenvalue weighted by molar-refractivity contribution is 5.93. The van der Waals surface area contributed by atoms with Crippen molar-refractivity contribution < 1.29 is 9.53 Å². The fourth-order valence-corrected chi connectivity index (χ4v) is 2.50. The highest BCUT2D eigenvalue weighted by Crippen LogP contribution is 2.18. The molecule has 0 bridgehead atoms. The van der Waals surface area contributed by atoms with E-state index < -0.39 is 0 Å². The standard InChI is InChI=1S/C21H28N2O2/c1-2-3-4-5-9-15-25-20-14-10-13-19(16-20)22-17-21(24)23-18-11-7-6-8-12-18/h6-8,10-14,16,22H,2-5,9,15,17H2,1H3,(H,23,24). The van der Waals surface area contributed by atoms with E-state index in [1.54, 1.807) is 0 Å². The first-order valence-electron chi connectivity index (χ1n) is 9.09. The van der Waals surface area contributed by atoms with Crippen molar-refractivity contribution in [1.82, 2.24) is 0 Å². The quantitative estimate of drug-likeness (QED) is 0.560. The molecule has 0 unspecified atom stereocenters. The Kier molecular flexibility index (Phi) is 8.39. The Balaban J connectivity index is 1.70. The maximum absolute atomic E-state index is 12.0. The Bertz CT molecular complexity index is 629. The third kappa shape index (κ3) is 7.75. The Morgan fingerprint density at radius 1 is 0.920 bits per heavy atom. The van der Waals surface area contributed by atoms with Crippen LogP contribution in [-0.2, 0) is 4.79 Å². The van der Waals surface area contributed by atoms with E-state index in [1.807, 2.05) is 54.6 Å². The highest BCUT2D eigenvalue weighted by atomic mass is 16.5. The molecule has 4 nitrogen and oxygen atoms in total. The number of nitrogens with one attached hydrogen (secondary N) is 2. The molecule has 0 aliphatic heterocycles. The van der Waals surface area contributed by atoms with Gasteiger partial charge in [-0.15, -0.1) is 0 Å². The summed E-state index contributed by atoms with van der Waals surface area (Å²) in [6.07, 6.45) is 6.12. The summed E-state index contributed by atoms with van der Waals surface area (Å²) in [5.74, 6) is 0.761. The summed E-state index contributed by atoms with van der Waals surface area (Å²) in [5.41, 5.74) is 1.68. The second kappa shape index (κ2) is 11.1. The Hall–Kier alpha value is -2.49. The van der Waals surface area contributed by atoms with Crippen LogP contribution in [-0.4, -0.2) is 19.1 Å². The first kappa shape index (κ1) is 18.8. The van der Waals surface area contributed by atoms with Crippen LogP contribution in [0.1, 0.15) is 39.0 Å². The lowest BCUT2D eigenvalue weighted by Gasteiger charge is -2.10. The molecule has 4 heteroatoms. The van der Waals surface area contributed by atoms with Crippen molar-refractivity contribution in [3.63, 3.8) is 0 Å². The second-order valence-electron chi connectivity index (χ2n) is 6.06. The van der Waals surface area contributed by atoms with Gasteiger partial charge >= 0.3 is 0 Å². The minimum absolute atomic E-state index is 0.0755. The van der Waals surface area contributed by atoms with Crippen molar-refractivity contribution in [2.45, 2.75) is 39.0 Å². The van der Waals surface area contributed by atoms with Crippen molar-refractivity contribution in [2.24, 2.45) is 0 Å². The van der Waals surface area contributed by atoms with Crippen LogP contribution in [0.15, 0.2) is 54.6 Å². The monoisotopic (exact) mass is 340 g/mol. The molecule has 25 heavy (non-hydrogen) atoms. The normalized spacial score (nSPS) is 10.3. The molecule has 0 radical (unpaired) electrons. The number of hydrogen-bond donors (Lipinski definition) is 2. The van der Waals surface area contributed by atoms with Gasteiger partial charge in [-0.05, 0) is 30.7 Å². The predicted octanol–water partition coefficient (Wildman–Crippen LogP) is 5.09. The van der Waals surface area contributed by atoms with Crippen LogP contribution >= 0.6 is 0 Å². The minimum atomic E-state index is -0.0755. The Labute approximate surface area is 150 Å². The lowest BCUT2D eigenvalue weighted by molar-refractivity contribution is -0.114. The largest absolute Gasteiger partial charge is 0.494 e. The van der Waals surface area contributed by atoms with Gasteiger partial charge in [-0.2, -0.15) is 0 Å². The summed E-state index contributed by atoms with van der Waals surface area (Å²) in [7, 11) is 0. The maximum Gasteiger partial charge on any atom is 0.243 e. The Morgan fingerprint density at radius 2 is 1.68 bits per heavy atom. The summed E-state index contributed by atoms with van der Waals surface area (Å²) in [6, 6.07) is 17.2. The lowest BCUT2D eigenvalue weighted by atomic mass is 10.2. The van der Waals surface area contributed by atoms with Crippen molar-refractivity contribution in [1.29, 1.82) is 0 Å². The number of amides is 1. The van der Waals surface area contributed by atoms with Crippen molar-refractivity contribution in [3.8, 4) is 5.75 Å². The second-order valence-corrected chi connectivity index (χ2v) is 6.06. The summed E-state index contributed by atoms with van der Waals surface area (Å²) in [4.78, 5) is 12.0. The van der Waals surface area contributed by atoms with Crippen LogP contribution in [0.4, 0.5) is 11.4 Å². The maximum atomic E-state index is 12.0. The fourth-order valence-electron chi connectivity index (χ4n) is 2.50. The number of carbonyl (C=O) groups is 1. The lowest BCUT2D eigenvalue weighted by Crippen LogP contribution is -2.21. The number of unbranched alkanes of at least 4 members (excludes halogenated alkanes) is 4. The van der Waals surface area contributed by atoms with Gasteiger partial charge in [-0.1, -0.05) is 56.9 Å². The third-order valence-corrected chi connectivity index (χ3v) is 3.86. The highest BCUT2D eigenvalue weighted by Gasteiger charge is 2.03. The van der Waals surface area contributed by atoms with Gasteiger partial charge in [0.1, 0.15) is 5.75 Å². The van der Waals surface area contributed by atoms with Gasteiger partial charge in [0.2, 0.25) is 5.91 Å². The topological polar surface area (TPSA) is 50.4 Å². The van der Waals surface area contributed by atoms with E-state index in [4.69, 9.17) is 4.74 Å². The van der Waals surface area contributed by atoms with Crippen molar-refractivity contribution >= 4 is 17.3 Å². The van der Waals surface area contributed by atoms with Crippen LogP contribution in [0.25, 0.3) is 0 Å². The molecule has 0 heterocycles. The summed E-state index contributed by atoms with van der Waals surface area (Å²) < 4.78 is 5.79. The summed E-state index contributed by atoms with van der Waals surface area (Å²) in [5, 5.41) is 5.98. The molecule has 0 spiro atoms. The van der Waals surface area contributed by atoms with Gasteiger partial charge in [0.25, 0.3) is 0 Å². The van der Waals surface area contributed by atoms with E-state index in [-0.39, 0.29) is 12.5 Å². The number of anilines is 2. The molecule has 134 valence electrons. The van der Waals surface area contributed by atoms with Crippen LogP contribution in [0.2, 0.25) is 0 Å². The molecule has 2 rings (SSSR count). The predicted molar refractivity (Wildman–Crippen MR) is 104 cm³/mol. The molecule has 0 aliphatic rings. The fraction of sp³-hybridized carbons (Fsp3) is 0.381. The van der Waals surface area contributed by atoms with E-state index in [2.05, 4.69) is 17.6 Å². The molecule has 2 N–H and O–H groups in total. The molecule has 0 aromatic heterocycles. The van der Waals surface area contributed by atoms with Crippen molar-refractivity contribution in [3.05, 3.63) is 54.6 Å². The zero-order valence-electron chi connectivity index (χ0n) is 15.0. The average molecular weight is 340 g/mol. The molecule has 0 fully saturated rings. The number of benzene rings is 2. The molecule has 1 amide bonds. The minimum Gasteiger partial charge on any atom is -0.494 e. The van der Waals surface area contributed by atoms with Gasteiger partial charge in [0.05, 0.1) is 13.2 Å². The van der Waals surface area contributed by atoms with E-state index in [0.717, 1.165) is 30.2 Å². The molecule has 2 aromatic rings. The van der Waals surface area contributed by atoms with Gasteiger partial charge < -0.3 is 15.4 Å². The summed E-state index contributed by atoms with van der Waals surface area (Å²) >= 11 is 0. The van der Waals surface area contributed by atoms with Crippen molar-refractivity contribution in [2.75, 3.05) is 23.8 Å². The molecular formula is C21H28N2O2. The van der Waals surface area contributed by atoms with Crippen LogP contribution in [0.5, 0.6) is 5.75 Å². The third-order valence-electron chi connectivity index (χ3n) is 3.86. The Morgan fingerprint density at radius 3 is 2.48 bits per heavy atom. The molecule has 2 aromatic carbocycles. The van der Waals surface area contributed by atoms with Crippen LogP contribution in [0.3, 0.4) is 0 Å². The van der Waals surface area contributed by atoms with Gasteiger partial charge in [0, 0.05) is 17.4 Å². The average Bonchev–Trinajstić information content (AvgIpc) is 2.64. The number of hydrogen-bond acceptors (Lipinski definition) is 3. The van der Waals surface area contributed by atoms with E-state index in [0.29, 0.717) is 0 Å². The molecule has 0 atom stereocenters. The molecule has 0 saturated heterocycles. The van der Waals surface area contributed by atoms with Crippen LogP contribution in [0, 0.1) is 0 Å². The first-order chi connectivity index (χ1) is 12.3. The van der Waals surface area contributed by atoms with E-state index in [9.17, 15) is 4.79 Å². The van der Waals surface area contributed by atoms with Crippen LogP contribution < -0.4 is 15.4 Å². The number of carbonyl (C=O) groups excluding carboxylic acids is 1. The zero-order chi connectivity index (χ0) is 17.7. The number of ether oxygens (including phenoxy) is 1. The van der Waals surface area contributed by atoms with Gasteiger partial charge in [0.15, 0.2) is 0 Å². The number of para-hydroxylation sites is 1. The molecular weight excluding hydrogens is 312 g/mol. The number of rotatable bonds is 11. The molecule has 0 saturated carbocycles. The van der Waals surface area contributed by atoms with Gasteiger partial charge in [-0.3, -0.25) is 4.79 Å². The first-order valence-corrected chi connectivity index (χ1v) is 9.09. The SMILES string of the molecule is CCCCCCCOc1cccc(NCC(=O)Nc2ccccc2)c1. The molecule has 0 aliphatic carbocycles. The smallest absolute Gasteiger partial charge is 0.243 e. The summed E-state index contributed by atoms with van der Waals surface area (Å²) in [6.45, 7) is 3.17. The van der Waals surface area contributed by atoms with E-state index in [1.165, 1.54) is 25.7 Å². The zero-order valence-corrected chi connectivity index (χ0v) is 15.0. The van der Waals surface area contributed by atoms with E-state index >= 15 is 0 Å².